The molecule has 0 saturated heterocycles. The summed E-state index contributed by atoms with van der Waals surface area (Å²) in [5.74, 6) is 1.26. The van der Waals surface area contributed by atoms with E-state index in [-0.39, 0.29) is 6.10 Å². The van der Waals surface area contributed by atoms with E-state index in [1.54, 1.807) is 11.3 Å². The molecule has 1 heterocycles. The second kappa shape index (κ2) is 7.64. The summed E-state index contributed by atoms with van der Waals surface area (Å²) in [5, 5.41) is 17.5. The van der Waals surface area contributed by atoms with Gasteiger partial charge in [-0.25, -0.2) is 0 Å². The fourth-order valence-electron chi connectivity index (χ4n) is 2.63. The highest BCUT2D eigenvalue weighted by Crippen LogP contribution is 2.25. The number of aliphatic imine (C=N–C) groups is 1. The Morgan fingerprint density at radius 2 is 2.40 bits per heavy atom. The fraction of sp³-hybridized carbons (Fsp3) is 0.667. The van der Waals surface area contributed by atoms with Gasteiger partial charge >= 0.3 is 0 Å². The van der Waals surface area contributed by atoms with Crippen molar-refractivity contribution < 1.29 is 5.11 Å². The summed E-state index contributed by atoms with van der Waals surface area (Å²) < 4.78 is 0. The smallest absolute Gasteiger partial charge is 0.193 e. The lowest BCUT2D eigenvalue weighted by Gasteiger charge is -2.22. The number of nitrogens with one attached hydrogen (secondary N) is 1. The number of aliphatic hydroxyl groups is 1. The molecule has 1 fully saturated rings. The maximum atomic E-state index is 9.88. The third kappa shape index (κ3) is 4.21. The van der Waals surface area contributed by atoms with Crippen molar-refractivity contribution in [2.24, 2.45) is 10.9 Å². The minimum atomic E-state index is -0.163. The van der Waals surface area contributed by atoms with Crippen LogP contribution in [0.25, 0.3) is 0 Å². The van der Waals surface area contributed by atoms with E-state index in [0.717, 1.165) is 44.9 Å². The molecule has 0 aliphatic heterocycles. The summed E-state index contributed by atoms with van der Waals surface area (Å²) in [6.07, 6.45) is 2.99. The van der Waals surface area contributed by atoms with Crippen molar-refractivity contribution in [2.75, 3.05) is 20.1 Å². The molecule has 2 N–H and O–H groups in total. The van der Waals surface area contributed by atoms with E-state index >= 15 is 0 Å². The summed E-state index contributed by atoms with van der Waals surface area (Å²) in [6.45, 7) is 4.53. The zero-order valence-electron chi connectivity index (χ0n) is 12.4. The van der Waals surface area contributed by atoms with Crippen LogP contribution in [0.1, 0.15) is 31.7 Å². The molecule has 2 atom stereocenters. The number of nitrogens with zero attached hydrogens (tertiary/aromatic N) is 2. The topological polar surface area (TPSA) is 47.9 Å². The molecule has 1 aliphatic carbocycles. The normalized spacial score (nSPS) is 23.1. The zero-order valence-corrected chi connectivity index (χ0v) is 13.2. The number of thiophene rings is 1. The second-order valence-corrected chi connectivity index (χ2v) is 6.22. The summed E-state index contributed by atoms with van der Waals surface area (Å²) in [5.41, 5.74) is 1.31. The molecule has 0 aromatic carbocycles. The number of aliphatic hydroxyl groups excluding tert-OH is 1. The SMILES string of the molecule is CCNC(=NCC1CCCC1O)N(C)Cc1ccsc1. The first-order valence-electron chi connectivity index (χ1n) is 7.39. The Labute approximate surface area is 125 Å². The van der Waals surface area contributed by atoms with E-state index < -0.39 is 0 Å². The van der Waals surface area contributed by atoms with Gasteiger partial charge in [-0.1, -0.05) is 6.42 Å². The van der Waals surface area contributed by atoms with Gasteiger partial charge < -0.3 is 15.3 Å². The molecule has 5 heteroatoms. The quantitative estimate of drug-likeness (QED) is 0.647. The first-order chi connectivity index (χ1) is 9.70. The molecule has 0 spiro atoms. The second-order valence-electron chi connectivity index (χ2n) is 5.44. The van der Waals surface area contributed by atoms with Crippen molar-refractivity contribution in [1.82, 2.24) is 10.2 Å². The van der Waals surface area contributed by atoms with Gasteiger partial charge in [0.05, 0.1) is 6.10 Å². The molecule has 1 aromatic heterocycles. The summed E-state index contributed by atoms with van der Waals surface area (Å²) in [4.78, 5) is 6.85. The highest BCUT2D eigenvalue weighted by atomic mass is 32.1. The predicted molar refractivity (Wildman–Crippen MR) is 85.1 cm³/mol. The minimum Gasteiger partial charge on any atom is -0.393 e. The summed E-state index contributed by atoms with van der Waals surface area (Å²) in [7, 11) is 2.06. The van der Waals surface area contributed by atoms with E-state index in [9.17, 15) is 5.11 Å². The van der Waals surface area contributed by atoms with Gasteiger partial charge in [0.2, 0.25) is 0 Å². The molecule has 112 valence electrons. The van der Waals surface area contributed by atoms with Crippen LogP contribution in [0.3, 0.4) is 0 Å². The van der Waals surface area contributed by atoms with E-state index in [0.29, 0.717) is 5.92 Å². The standard InChI is InChI=1S/C15H25N3OS/c1-3-16-15(17-9-13-5-4-6-14(13)19)18(2)10-12-7-8-20-11-12/h7-8,11,13-14,19H,3-6,9-10H2,1-2H3,(H,16,17). The lowest BCUT2D eigenvalue weighted by atomic mass is 10.1. The maximum absolute atomic E-state index is 9.88. The van der Waals surface area contributed by atoms with Crippen molar-refractivity contribution in [3.8, 4) is 0 Å². The van der Waals surface area contributed by atoms with Crippen molar-refractivity contribution in [3.63, 3.8) is 0 Å². The third-order valence-corrected chi connectivity index (χ3v) is 4.52. The molecule has 0 amide bonds. The van der Waals surface area contributed by atoms with Gasteiger partial charge in [0.15, 0.2) is 5.96 Å². The molecular weight excluding hydrogens is 270 g/mol. The minimum absolute atomic E-state index is 0.163. The van der Waals surface area contributed by atoms with Crippen LogP contribution in [0.15, 0.2) is 21.8 Å². The van der Waals surface area contributed by atoms with E-state index in [1.807, 2.05) is 0 Å². The monoisotopic (exact) mass is 295 g/mol. The van der Waals surface area contributed by atoms with E-state index in [2.05, 4.69) is 41.0 Å². The Hall–Kier alpha value is -1.07. The molecular formula is C15H25N3OS. The molecule has 1 aromatic rings. The van der Waals surface area contributed by atoms with Crippen LogP contribution in [0.5, 0.6) is 0 Å². The average molecular weight is 295 g/mol. The Bertz CT molecular complexity index is 419. The number of rotatable bonds is 5. The molecule has 2 rings (SSSR count). The van der Waals surface area contributed by atoms with E-state index in [1.165, 1.54) is 5.56 Å². The lowest BCUT2D eigenvalue weighted by molar-refractivity contribution is 0.136. The van der Waals surface area contributed by atoms with Crippen LogP contribution in [-0.2, 0) is 6.54 Å². The predicted octanol–water partition coefficient (Wildman–Crippen LogP) is 2.31. The molecule has 2 unspecified atom stereocenters. The Balaban J connectivity index is 1.94. The van der Waals surface area contributed by atoms with Crippen LogP contribution >= 0.6 is 11.3 Å². The Morgan fingerprint density at radius 1 is 1.55 bits per heavy atom. The van der Waals surface area contributed by atoms with Gasteiger partial charge in [0.1, 0.15) is 0 Å². The molecule has 1 saturated carbocycles. The van der Waals surface area contributed by atoms with E-state index in [4.69, 9.17) is 4.99 Å². The first-order valence-corrected chi connectivity index (χ1v) is 8.33. The zero-order chi connectivity index (χ0) is 14.4. The maximum Gasteiger partial charge on any atom is 0.193 e. The van der Waals surface area contributed by atoms with Gasteiger partial charge in [-0.3, -0.25) is 4.99 Å². The largest absolute Gasteiger partial charge is 0.393 e. The van der Waals surface area contributed by atoms with Crippen molar-refractivity contribution in [1.29, 1.82) is 0 Å². The average Bonchev–Trinajstić information content (AvgIpc) is 3.06. The van der Waals surface area contributed by atoms with Crippen molar-refractivity contribution >= 4 is 17.3 Å². The van der Waals surface area contributed by atoms with Gasteiger partial charge in [0.25, 0.3) is 0 Å². The summed E-state index contributed by atoms with van der Waals surface area (Å²) in [6, 6.07) is 2.14. The van der Waals surface area contributed by atoms with Crippen LogP contribution in [0.2, 0.25) is 0 Å². The molecule has 1 aliphatic rings. The highest BCUT2D eigenvalue weighted by Gasteiger charge is 2.24. The Kier molecular flexibility index (Phi) is 5.86. The fourth-order valence-corrected chi connectivity index (χ4v) is 3.29. The first kappa shape index (κ1) is 15.3. The molecule has 0 bridgehead atoms. The van der Waals surface area contributed by atoms with Crippen molar-refractivity contribution in [3.05, 3.63) is 22.4 Å². The Morgan fingerprint density at radius 3 is 3.00 bits per heavy atom. The number of guanidine groups is 1. The van der Waals surface area contributed by atoms with Gasteiger partial charge in [-0.2, -0.15) is 11.3 Å². The lowest BCUT2D eigenvalue weighted by Crippen LogP contribution is -2.39. The molecule has 4 nitrogen and oxygen atoms in total. The number of hydrogen-bond donors (Lipinski definition) is 2. The van der Waals surface area contributed by atoms with Crippen LogP contribution < -0.4 is 5.32 Å². The van der Waals surface area contributed by atoms with Crippen LogP contribution in [-0.4, -0.2) is 42.2 Å². The highest BCUT2D eigenvalue weighted by molar-refractivity contribution is 7.07. The van der Waals surface area contributed by atoms with Crippen molar-refractivity contribution in [2.45, 2.75) is 38.8 Å². The van der Waals surface area contributed by atoms with Crippen LogP contribution in [0, 0.1) is 5.92 Å². The van der Waals surface area contributed by atoms with Gasteiger partial charge in [-0.05, 0) is 42.2 Å². The third-order valence-electron chi connectivity index (χ3n) is 3.79. The van der Waals surface area contributed by atoms with Gasteiger partial charge in [-0.15, -0.1) is 0 Å². The summed E-state index contributed by atoms with van der Waals surface area (Å²) >= 11 is 1.72. The molecule has 0 radical (unpaired) electrons. The molecule has 20 heavy (non-hydrogen) atoms. The van der Waals surface area contributed by atoms with Gasteiger partial charge in [0, 0.05) is 32.6 Å². The van der Waals surface area contributed by atoms with Crippen LogP contribution in [0.4, 0.5) is 0 Å². The number of hydrogen-bond acceptors (Lipinski definition) is 3.